The number of rotatable bonds is 6. The van der Waals surface area contributed by atoms with Gasteiger partial charge in [0.25, 0.3) is 0 Å². The number of carbonyl (C=O) groups excluding carboxylic acids is 1. The van der Waals surface area contributed by atoms with Crippen LogP contribution >= 0.6 is 0 Å². The van der Waals surface area contributed by atoms with E-state index in [0.29, 0.717) is 17.1 Å². The van der Waals surface area contributed by atoms with Gasteiger partial charge in [-0.3, -0.25) is 9.10 Å². The van der Waals surface area contributed by atoms with Gasteiger partial charge in [0.1, 0.15) is 12.3 Å². The van der Waals surface area contributed by atoms with E-state index >= 15 is 0 Å². The van der Waals surface area contributed by atoms with E-state index in [0.717, 1.165) is 21.7 Å². The quantitative estimate of drug-likeness (QED) is 0.857. The summed E-state index contributed by atoms with van der Waals surface area (Å²) in [6.07, 6.45) is 1.09. The zero-order valence-electron chi connectivity index (χ0n) is 14.7. The summed E-state index contributed by atoms with van der Waals surface area (Å²) < 4.78 is 30.9. The number of anilines is 2. The number of nitrogens with one attached hydrogen (secondary N) is 1. The molecule has 0 spiro atoms. The number of hydrogen-bond donors (Lipinski definition) is 1. The Hall–Kier alpha value is -2.54. The van der Waals surface area contributed by atoms with Crippen molar-refractivity contribution < 1.29 is 17.9 Å². The van der Waals surface area contributed by atoms with Crippen molar-refractivity contribution in [2.45, 2.75) is 13.8 Å². The predicted molar refractivity (Wildman–Crippen MR) is 99.7 cm³/mol. The molecule has 2 aromatic rings. The average molecular weight is 362 g/mol. The third kappa shape index (κ3) is 4.51. The first-order chi connectivity index (χ1) is 11.7. The highest BCUT2D eigenvalue weighted by Gasteiger charge is 2.24. The van der Waals surface area contributed by atoms with Crippen LogP contribution < -0.4 is 14.4 Å². The van der Waals surface area contributed by atoms with E-state index in [9.17, 15) is 13.2 Å². The topological polar surface area (TPSA) is 75.7 Å². The lowest BCUT2D eigenvalue weighted by atomic mass is 10.1. The highest BCUT2D eigenvalue weighted by molar-refractivity contribution is 7.92. The van der Waals surface area contributed by atoms with Crippen molar-refractivity contribution in [1.29, 1.82) is 0 Å². The number of benzene rings is 2. The standard InChI is InChI=1S/C18H22N2O4S/c1-13-8-7-9-14(2)18(13)20(25(4,22)23)12-17(21)19-15-10-5-6-11-16(15)24-3/h5-11H,12H2,1-4H3,(H,19,21). The Kier molecular flexibility index (Phi) is 5.69. The van der Waals surface area contributed by atoms with Crippen molar-refractivity contribution in [3.63, 3.8) is 0 Å². The van der Waals surface area contributed by atoms with Crippen molar-refractivity contribution in [2.24, 2.45) is 0 Å². The molecule has 0 heterocycles. The van der Waals surface area contributed by atoms with Gasteiger partial charge in [0.2, 0.25) is 15.9 Å². The van der Waals surface area contributed by atoms with Crippen LogP contribution in [0.5, 0.6) is 5.75 Å². The number of hydrogen-bond acceptors (Lipinski definition) is 4. The molecular formula is C18H22N2O4S. The fraction of sp³-hybridized carbons (Fsp3) is 0.278. The molecule has 134 valence electrons. The normalized spacial score (nSPS) is 11.0. The minimum absolute atomic E-state index is 0.317. The van der Waals surface area contributed by atoms with Crippen molar-refractivity contribution in [1.82, 2.24) is 0 Å². The molecule has 0 aliphatic heterocycles. The van der Waals surface area contributed by atoms with Crippen molar-refractivity contribution >= 4 is 27.3 Å². The summed E-state index contributed by atoms with van der Waals surface area (Å²) in [6, 6.07) is 12.4. The molecule has 0 fully saturated rings. The third-order valence-corrected chi connectivity index (χ3v) is 4.87. The maximum absolute atomic E-state index is 12.5. The van der Waals surface area contributed by atoms with Crippen LogP contribution in [-0.4, -0.2) is 34.2 Å². The molecule has 0 aliphatic carbocycles. The Morgan fingerprint density at radius 3 is 2.24 bits per heavy atom. The van der Waals surface area contributed by atoms with Crippen LogP contribution in [0.25, 0.3) is 0 Å². The van der Waals surface area contributed by atoms with Gasteiger partial charge >= 0.3 is 0 Å². The van der Waals surface area contributed by atoms with Crippen LogP contribution in [0.3, 0.4) is 0 Å². The van der Waals surface area contributed by atoms with Crippen molar-refractivity contribution in [3.05, 3.63) is 53.6 Å². The Morgan fingerprint density at radius 1 is 1.08 bits per heavy atom. The van der Waals surface area contributed by atoms with Crippen LogP contribution in [0.15, 0.2) is 42.5 Å². The first kappa shape index (κ1) is 18.8. The molecule has 6 nitrogen and oxygen atoms in total. The lowest BCUT2D eigenvalue weighted by Gasteiger charge is -2.25. The van der Waals surface area contributed by atoms with Crippen molar-refractivity contribution in [3.8, 4) is 5.75 Å². The first-order valence-electron chi connectivity index (χ1n) is 7.71. The molecule has 0 atom stereocenters. The third-order valence-electron chi connectivity index (χ3n) is 3.76. The van der Waals surface area contributed by atoms with Gasteiger partial charge in [-0.2, -0.15) is 0 Å². The summed E-state index contributed by atoms with van der Waals surface area (Å²) in [4.78, 5) is 12.5. The molecule has 0 radical (unpaired) electrons. The minimum Gasteiger partial charge on any atom is -0.495 e. The number of amides is 1. The second kappa shape index (κ2) is 7.57. The monoisotopic (exact) mass is 362 g/mol. The van der Waals surface area contributed by atoms with Crippen LogP contribution in [0.4, 0.5) is 11.4 Å². The lowest BCUT2D eigenvalue weighted by molar-refractivity contribution is -0.114. The average Bonchev–Trinajstić information content (AvgIpc) is 2.53. The smallest absolute Gasteiger partial charge is 0.245 e. The summed E-state index contributed by atoms with van der Waals surface area (Å²) in [7, 11) is -2.12. The molecule has 25 heavy (non-hydrogen) atoms. The number of sulfonamides is 1. The van der Waals surface area contributed by atoms with Gasteiger partial charge in [-0.1, -0.05) is 30.3 Å². The maximum atomic E-state index is 12.5. The van der Waals surface area contributed by atoms with Crippen LogP contribution in [0.1, 0.15) is 11.1 Å². The van der Waals surface area contributed by atoms with E-state index in [1.807, 2.05) is 32.0 Å². The summed E-state index contributed by atoms with van der Waals surface area (Å²) >= 11 is 0. The fourth-order valence-corrected chi connectivity index (χ4v) is 3.60. The van der Waals surface area contributed by atoms with Gasteiger partial charge in [0.05, 0.1) is 24.7 Å². The van der Waals surface area contributed by atoms with E-state index in [4.69, 9.17) is 4.74 Å². The molecular weight excluding hydrogens is 340 g/mol. The van der Waals surface area contributed by atoms with Gasteiger partial charge in [-0.15, -0.1) is 0 Å². The molecule has 0 aliphatic rings. The highest BCUT2D eigenvalue weighted by atomic mass is 32.2. The van der Waals surface area contributed by atoms with E-state index in [1.54, 1.807) is 24.3 Å². The number of nitrogens with zero attached hydrogens (tertiary/aromatic N) is 1. The molecule has 7 heteroatoms. The predicted octanol–water partition coefficient (Wildman–Crippen LogP) is 2.72. The molecule has 0 saturated heterocycles. The van der Waals surface area contributed by atoms with E-state index < -0.39 is 15.9 Å². The number of ether oxygens (including phenoxy) is 1. The molecule has 1 amide bonds. The van der Waals surface area contributed by atoms with Crippen LogP contribution in [0.2, 0.25) is 0 Å². The van der Waals surface area contributed by atoms with Gasteiger partial charge in [-0.05, 0) is 37.1 Å². The Balaban J connectivity index is 2.31. The zero-order valence-corrected chi connectivity index (χ0v) is 15.6. The van der Waals surface area contributed by atoms with Crippen LogP contribution in [0, 0.1) is 13.8 Å². The number of carbonyl (C=O) groups is 1. The summed E-state index contributed by atoms with van der Waals surface area (Å²) in [5.74, 6) is 0.0615. The SMILES string of the molecule is COc1ccccc1NC(=O)CN(c1c(C)cccc1C)S(C)(=O)=O. The number of aryl methyl sites for hydroxylation is 2. The Bertz CT molecular complexity index is 858. The second-order valence-electron chi connectivity index (χ2n) is 5.76. The summed E-state index contributed by atoms with van der Waals surface area (Å²) in [5, 5.41) is 2.70. The van der Waals surface area contributed by atoms with Crippen LogP contribution in [-0.2, 0) is 14.8 Å². The highest BCUT2D eigenvalue weighted by Crippen LogP contribution is 2.27. The molecule has 0 aromatic heterocycles. The van der Waals surface area contributed by atoms with Gasteiger partial charge in [-0.25, -0.2) is 8.42 Å². The molecule has 0 bridgehead atoms. The molecule has 2 rings (SSSR count). The minimum atomic E-state index is -3.62. The molecule has 0 unspecified atom stereocenters. The maximum Gasteiger partial charge on any atom is 0.245 e. The van der Waals surface area contributed by atoms with E-state index in [1.165, 1.54) is 7.11 Å². The van der Waals surface area contributed by atoms with Gasteiger partial charge < -0.3 is 10.1 Å². The summed E-state index contributed by atoms with van der Waals surface area (Å²) in [5.41, 5.74) is 2.59. The molecule has 1 N–H and O–H groups in total. The van der Waals surface area contributed by atoms with Gasteiger partial charge in [0.15, 0.2) is 0 Å². The second-order valence-corrected chi connectivity index (χ2v) is 7.67. The lowest BCUT2D eigenvalue weighted by Crippen LogP contribution is -2.38. The van der Waals surface area contributed by atoms with E-state index in [2.05, 4.69) is 5.32 Å². The fourth-order valence-electron chi connectivity index (χ4n) is 2.63. The number of methoxy groups -OCH3 is 1. The zero-order chi connectivity index (χ0) is 18.6. The largest absolute Gasteiger partial charge is 0.495 e. The number of para-hydroxylation sites is 3. The van der Waals surface area contributed by atoms with E-state index in [-0.39, 0.29) is 6.54 Å². The van der Waals surface area contributed by atoms with Gasteiger partial charge in [0, 0.05) is 0 Å². The molecule has 2 aromatic carbocycles. The Morgan fingerprint density at radius 2 is 1.68 bits per heavy atom. The first-order valence-corrected chi connectivity index (χ1v) is 9.55. The van der Waals surface area contributed by atoms with Crippen molar-refractivity contribution in [2.75, 3.05) is 29.5 Å². The molecule has 0 saturated carbocycles. The Labute approximate surface area is 148 Å². The summed E-state index contributed by atoms with van der Waals surface area (Å²) in [6.45, 7) is 3.32.